The Hall–Kier alpha value is -3.45. The first-order valence-electron chi connectivity index (χ1n) is 10.6. The molecular weight excluding hydrogens is 424 g/mol. The lowest BCUT2D eigenvalue weighted by Gasteiger charge is -2.25. The van der Waals surface area contributed by atoms with Crippen LogP contribution in [0.4, 0.5) is 0 Å². The highest BCUT2D eigenvalue weighted by atomic mass is 35.5. The maximum atomic E-state index is 13.7. The minimum atomic E-state index is -0.0674. The van der Waals surface area contributed by atoms with Crippen molar-refractivity contribution in [1.29, 1.82) is 0 Å². The molecule has 0 radical (unpaired) electrons. The number of aromatic nitrogens is 5. The smallest absolute Gasteiger partial charge is 0.256 e. The topological polar surface area (TPSA) is 79.7 Å². The van der Waals surface area contributed by atoms with Crippen molar-refractivity contribution >= 4 is 17.5 Å². The monoisotopic (exact) mass is 446 g/mol. The molecule has 1 saturated heterocycles. The number of halogens is 1. The highest BCUT2D eigenvalue weighted by Crippen LogP contribution is 2.35. The number of nitrogens with one attached hydrogen (secondary N) is 1. The van der Waals surface area contributed by atoms with Crippen LogP contribution < -0.4 is 0 Å². The summed E-state index contributed by atoms with van der Waals surface area (Å²) in [5.41, 5.74) is 6.02. The van der Waals surface area contributed by atoms with Crippen LogP contribution in [0.3, 0.4) is 0 Å². The summed E-state index contributed by atoms with van der Waals surface area (Å²) in [5, 5.41) is 16.9. The Morgan fingerprint density at radius 3 is 2.75 bits per heavy atom. The van der Waals surface area contributed by atoms with Crippen molar-refractivity contribution in [2.75, 3.05) is 6.54 Å². The number of rotatable bonds is 4. The average molecular weight is 447 g/mol. The zero-order valence-corrected chi connectivity index (χ0v) is 18.7. The standard InChI is InChI=1S/C24H23ClN6O/c1-15-8-9-22(31-26-10-11-27-31)18(13-15)24(32)30-12-4-7-23(30)21-14-20(28-29-21)17-5-3-6-19(25)16(17)2/h3,5-6,8-11,13-14,23H,4,7,12H2,1-2H3,(H,28,29). The second kappa shape index (κ2) is 8.24. The second-order valence-corrected chi connectivity index (χ2v) is 8.52. The van der Waals surface area contributed by atoms with Crippen molar-refractivity contribution in [3.8, 4) is 16.9 Å². The average Bonchev–Trinajstić information content (AvgIpc) is 3.56. The Labute approximate surface area is 191 Å². The van der Waals surface area contributed by atoms with E-state index in [1.54, 1.807) is 12.4 Å². The molecule has 2 aromatic carbocycles. The maximum absolute atomic E-state index is 13.7. The molecule has 0 spiro atoms. The highest BCUT2D eigenvalue weighted by Gasteiger charge is 2.33. The van der Waals surface area contributed by atoms with Crippen molar-refractivity contribution < 1.29 is 4.79 Å². The fraction of sp³-hybridized carbons (Fsp3) is 0.250. The predicted octanol–water partition coefficient (Wildman–Crippen LogP) is 4.90. The summed E-state index contributed by atoms with van der Waals surface area (Å²) in [6, 6.07) is 13.5. The van der Waals surface area contributed by atoms with E-state index in [4.69, 9.17) is 11.6 Å². The van der Waals surface area contributed by atoms with E-state index in [0.29, 0.717) is 22.8 Å². The van der Waals surface area contributed by atoms with Crippen molar-refractivity contribution in [3.05, 3.63) is 82.3 Å². The van der Waals surface area contributed by atoms with Gasteiger partial charge >= 0.3 is 0 Å². The molecule has 3 heterocycles. The molecule has 1 unspecified atom stereocenters. The van der Waals surface area contributed by atoms with Crippen LogP contribution in [0.2, 0.25) is 5.02 Å². The van der Waals surface area contributed by atoms with Crippen LogP contribution >= 0.6 is 11.6 Å². The van der Waals surface area contributed by atoms with E-state index in [0.717, 1.165) is 40.9 Å². The van der Waals surface area contributed by atoms with Crippen molar-refractivity contribution in [2.24, 2.45) is 0 Å². The number of carbonyl (C=O) groups is 1. The van der Waals surface area contributed by atoms with Crippen LogP contribution in [0, 0.1) is 13.8 Å². The van der Waals surface area contributed by atoms with Gasteiger partial charge in [-0.05, 0) is 56.5 Å². The minimum absolute atomic E-state index is 0.0291. The lowest BCUT2D eigenvalue weighted by molar-refractivity contribution is 0.0732. The minimum Gasteiger partial charge on any atom is -0.330 e. The molecule has 1 amide bonds. The molecule has 1 aliphatic rings. The molecule has 4 aromatic rings. The third kappa shape index (κ3) is 3.58. The van der Waals surface area contributed by atoms with Crippen LogP contribution in [0.25, 0.3) is 16.9 Å². The van der Waals surface area contributed by atoms with Crippen LogP contribution in [0.15, 0.2) is 54.9 Å². The molecule has 1 N–H and O–H groups in total. The van der Waals surface area contributed by atoms with E-state index in [1.807, 2.05) is 61.2 Å². The van der Waals surface area contributed by atoms with Gasteiger partial charge in [-0.1, -0.05) is 35.4 Å². The maximum Gasteiger partial charge on any atom is 0.256 e. The van der Waals surface area contributed by atoms with Gasteiger partial charge in [-0.3, -0.25) is 9.89 Å². The Kier molecular flexibility index (Phi) is 5.27. The molecular formula is C24H23ClN6O. The fourth-order valence-electron chi connectivity index (χ4n) is 4.35. The molecule has 7 nitrogen and oxygen atoms in total. The van der Waals surface area contributed by atoms with Crippen LogP contribution in [-0.2, 0) is 0 Å². The number of amides is 1. The highest BCUT2D eigenvalue weighted by molar-refractivity contribution is 6.31. The Morgan fingerprint density at radius 1 is 1.12 bits per heavy atom. The number of carbonyl (C=O) groups excluding carboxylic acids is 1. The number of benzene rings is 2. The van der Waals surface area contributed by atoms with Gasteiger partial charge in [0.25, 0.3) is 5.91 Å². The number of likely N-dealkylation sites (tertiary alicyclic amines) is 1. The number of nitrogens with zero attached hydrogens (tertiary/aromatic N) is 5. The third-order valence-electron chi connectivity index (χ3n) is 6.03. The molecule has 2 aromatic heterocycles. The molecule has 1 aliphatic heterocycles. The van der Waals surface area contributed by atoms with Crippen LogP contribution in [0.1, 0.15) is 46.1 Å². The number of H-pyrrole nitrogens is 1. The van der Waals surface area contributed by atoms with E-state index < -0.39 is 0 Å². The van der Waals surface area contributed by atoms with Crippen molar-refractivity contribution in [1.82, 2.24) is 30.1 Å². The van der Waals surface area contributed by atoms with E-state index >= 15 is 0 Å². The number of aryl methyl sites for hydroxylation is 1. The van der Waals surface area contributed by atoms with Gasteiger partial charge < -0.3 is 4.90 Å². The first-order valence-corrected chi connectivity index (χ1v) is 11.0. The van der Waals surface area contributed by atoms with Gasteiger partial charge in [0.2, 0.25) is 0 Å². The summed E-state index contributed by atoms with van der Waals surface area (Å²) in [6.45, 7) is 4.65. The van der Waals surface area contributed by atoms with Gasteiger partial charge in [0, 0.05) is 17.1 Å². The largest absolute Gasteiger partial charge is 0.330 e. The molecule has 8 heteroatoms. The summed E-state index contributed by atoms with van der Waals surface area (Å²) in [6.07, 6.45) is 5.03. The van der Waals surface area contributed by atoms with Crippen molar-refractivity contribution in [2.45, 2.75) is 32.7 Å². The van der Waals surface area contributed by atoms with E-state index in [1.165, 1.54) is 4.80 Å². The molecule has 5 rings (SSSR count). The van der Waals surface area contributed by atoms with Gasteiger partial charge in [0.15, 0.2) is 0 Å². The molecule has 1 atom stereocenters. The third-order valence-corrected chi connectivity index (χ3v) is 6.44. The summed E-state index contributed by atoms with van der Waals surface area (Å²) in [7, 11) is 0. The Morgan fingerprint density at radius 2 is 1.94 bits per heavy atom. The quantitative estimate of drug-likeness (QED) is 0.483. The summed E-state index contributed by atoms with van der Waals surface area (Å²) in [5.74, 6) is -0.0291. The second-order valence-electron chi connectivity index (χ2n) is 8.12. The molecule has 0 saturated carbocycles. The lowest BCUT2D eigenvalue weighted by atomic mass is 10.0. The molecule has 1 fully saturated rings. The first-order chi connectivity index (χ1) is 15.5. The summed E-state index contributed by atoms with van der Waals surface area (Å²) in [4.78, 5) is 17.1. The predicted molar refractivity (Wildman–Crippen MR) is 123 cm³/mol. The van der Waals surface area contributed by atoms with Crippen LogP contribution in [-0.4, -0.2) is 42.5 Å². The van der Waals surface area contributed by atoms with Crippen molar-refractivity contribution in [3.63, 3.8) is 0 Å². The molecule has 162 valence electrons. The van der Waals surface area contributed by atoms with Gasteiger partial charge in [-0.15, -0.1) is 0 Å². The van der Waals surface area contributed by atoms with Gasteiger partial charge in [0.05, 0.1) is 41.1 Å². The Balaban J connectivity index is 1.48. The van der Waals surface area contributed by atoms with E-state index in [2.05, 4.69) is 20.4 Å². The Bertz CT molecular complexity index is 1280. The summed E-state index contributed by atoms with van der Waals surface area (Å²) < 4.78 is 0. The first kappa shape index (κ1) is 20.5. The molecule has 0 aliphatic carbocycles. The lowest BCUT2D eigenvalue weighted by Crippen LogP contribution is -2.31. The van der Waals surface area contributed by atoms with E-state index in [-0.39, 0.29) is 11.9 Å². The molecule has 0 bridgehead atoms. The molecule has 32 heavy (non-hydrogen) atoms. The summed E-state index contributed by atoms with van der Waals surface area (Å²) >= 11 is 6.30. The number of hydrogen-bond acceptors (Lipinski definition) is 4. The SMILES string of the molecule is Cc1ccc(-n2nccn2)c(C(=O)N2CCCC2c2cc(-c3cccc(Cl)c3C)n[nH]2)c1. The number of aromatic amines is 1. The van der Waals surface area contributed by atoms with Gasteiger partial charge in [-0.25, -0.2) is 0 Å². The zero-order valence-electron chi connectivity index (χ0n) is 17.9. The van der Waals surface area contributed by atoms with Gasteiger partial charge in [0.1, 0.15) is 0 Å². The fourth-order valence-corrected chi connectivity index (χ4v) is 4.53. The number of hydrogen-bond donors (Lipinski definition) is 1. The van der Waals surface area contributed by atoms with Gasteiger partial charge in [-0.2, -0.15) is 20.1 Å². The normalized spacial score (nSPS) is 16.0. The van der Waals surface area contributed by atoms with E-state index in [9.17, 15) is 4.79 Å². The zero-order chi connectivity index (χ0) is 22.2. The van der Waals surface area contributed by atoms with Crippen LogP contribution in [0.5, 0.6) is 0 Å².